The van der Waals surface area contributed by atoms with Gasteiger partial charge in [-0.2, -0.15) is 0 Å². The molecule has 118 valence electrons. The molecule has 0 saturated heterocycles. The zero-order valence-corrected chi connectivity index (χ0v) is 13.4. The molecule has 0 unspecified atom stereocenters. The summed E-state index contributed by atoms with van der Waals surface area (Å²) in [6.45, 7) is 8.33. The Morgan fingerprint density at radius 3 is 2.05 bits per heavy atom. The summed E-state index contributed by atoms with van der Waals surface area (Å²) in [5.41, 5.74) is 1.06. The van der Waals surface area contributed by atoms with Gasteiger partial charge in [0.05, 0.1) is 0 Å². The van der Waals surface area contributed by atoms with Crippen molar-refractivity contribution >= 4 is 0 Å². The van der Waals surface area contributed by atoms with Gasteiger partial charge in [-0.15, -0.1) is 0 Å². The minimum absolute atomic E-state index is 0.107. The van der Waals surface area contributed by atoms with Gasteiger partial charge in [0.1, 0.15) is 11.6 Å². The second-order valence-electron chi connectivity index (χ2n) is 6.68. The second kappa shape index (κ2) is 6.43. The molecule has 1 nitrogen and oxygen atoms in total. The van der Waals surface area contributed by atoms with Crippen molar-refractivity contribution in [2.24, 2.45) is 5.41 Å². The van der Waals surface area contributed by atoms with Crippen molar-refractivity contribution in [3.63, 3.8) is 0 Å². The van der Waals surface area contributed by atoms with E-state index < -0.39 is 11.6 Å². The van der Waals surface area contributed by atoms with E-state index >= 15 is 0 Å². The van der Waals surface area contributed by atoms with Crippen LogP contribution < -0.4 is 5.32 Å². The maximum absolute atomic E-state index is 13.6. The zero-order chi connectivity index (χ0) is 15.5. The van der Waals surface area contributed by atoms with E-state index in [1.54, 1.807) is 0 Å². The van der Waals surface area contributed by atoms with Gasteiger partial charge in [-0.25, -0.2) is 8.78 Å². The standard InChI is InChI=1S/C18H27F2N/c1-4-7-21-13-18(11-17(5-2,6-3)12-18)14-8-15(19)10-16(20)9-14/h8-10,21H,4-7,11-13H2,1-3H3. The number of hydrogen-bond donors (Lipinski definition) is 1. The highest BCUT2D eigenvalue weighted by atomic mass is 19.1. The molecule has 1 aromatic rings. The summed E-state index contributed by atoms with van der Waals surface area (Å²) < 4.78 is 27.2. The smallest absolute Gasteiger partial charge is 0.126 e. The minimum atomic E-state index is -0.467. The van der Waals surface area contributed by atoms with Gasteiger partial charge in [-0.05, 0) is 48.9 Å². The summed E-state index contributed by atoms with van der Waals surface area (Å²) in [5, 5.41) is 3.46. The van der Waals surface area contributed by atoms with E-state index in [2.05, 4.69) is 26.1 Å². The molecule has 21 heavy (non-hydrogen) atoms. The molecule has 0 atom stereocenters. The Morgan fingerprint density at radius 1 is 1.00 bits per heavy atom. The third-order valence-corrected chi connectivity index (χ3v) is 5.29. The van der Waals surface area contributed by atoms with E-state index in [4.69, 9.17) is 0 Å². The van der Waals surface area contributed by atoms with E-state index in [0.29, 0.717) is 5.41 Å². The number of halogens is 2. The summed E-state index contributed by atoms with van der Waals surface area (Å²) in [5.74, 6) is -0.935. The van der Waals surface area contributed by atoms with Crippen molar-refractivity contribution < 1.29 is 8.78 Å². The van der Waals surface area contributed by atoms with E-state index in [1.165, 1.54) is 12.1 Å². The van der Waals surface area contributed by atoms with Gasteiger partial charge >= 0.3 is 0 Å². The van der Waals surface area contributed by atoms with E-state index in [-0.39, 0.29) is 5.41 Å². The highest BCUT2D eigenvalue weighted by Gasteiger charge is 2.53. The monoisotopic (exact) mass is 295 g/mol. The lowest BCUT2D eigenvalue weighted by molar-refractivity contribution is 0.0127. The molecule has 0 heterocycles. The molecule has 0 aliphatic heterocycles. The topological polar surface area (TPSA) is 12.0 Å². The summed E-state index contributed by atoms with van der Waals surface area (Å²) in [7, 11) is 0. The molecule has 0 radical (unpaired) electrons. The first-order chi connectivity index (χ1) is 9.99. The first-order valence-corrected chi connectivity index (χ1v) is 8.16. The number of rotatable bonds is 7. The van der Waals surface area contributed by atoms with Crippen LogP contribution >= 0.6 is 0 Å². The molecular formula is C18H27F2N. The van der Waals surface area contributed by atoms with Crippen LogP contribution in [0.4, 0.5) is 8.78 Å². The van der Waals surface area contributed by atoms with Crippen LogP contribution in [0.3, 0.4) is 0 Å². The maximum Gasteiger partial charge on any atom is 0.126 e. The highest BCUT2D eigenvalue weighted by Crippen LogP contribution is 2.59. The Balaban J connectivity index is 2.25. The van der Waals surface area contributed by atoms with E-state index in [9.17, 15) is 8.78 Å². The number of benzene rings is 1. The predicted octanol–water partition coefficient (Wildman–Crippen LogP) is 4.80. The molecule has 3 heteroatoms. The largest absolute Gasteiger partial charge is 0.316 e. The fourth-order valence-corrected chi connectivity index (χ4v) is 3.93. The summed E-state index contributed by atoms with van der Waals surface area (Å²) in [6, 6.07) is 4.00. The van der Waals surface area contributed by atoms with Gasteiger partial charge in [0, 0.05) is 18.0 Å². The molecule has 1 saturated carbocycles. The summed E-state index contributed by atoms with van der Waals surface area (Å²) in [4.78, 5) is 0. The summed E-state index contributed by atoms with van der Waals surface area (Å²) >= 11 is 0. The first kappa shape index (κ1) is 16.4. The fraction of sp³-hybridized carbons (Fsp3) is 0.667. The van der Waals surface area contributed by atoms with Crippen LogP contribution in [-0.4, -0.2) is 13.1 Å². The van der Waals surface area contributed by atoms with Crippen LogP contribution in [0.15, 0.2) is 18.2 Å². The lowest BCUT2D eigenvalue weighted by atomic mass is 9.48. The lowest BCUT2D eigenvalue weighted by Crippen LogP contribution is -2.54. The van der Waals surface area contributed by atoms with Crippen LogP contribution in [0.25, 0.3) is 0 Å². The van der Waals surface area contributed by atoms with Crippen molar-refractivity contribution in [1.29, 1.82) is 0 Å². The van der Waals surface area contributed by atoms with Crippen LogP contribution in [0.2, 0.25) is 0 Å². The fourth-order valence-electron chi connectivity index (χ4n) is 3.93. The molecule has 0 bridgehead atoms. The Labute approximate surface area is 127 Å². The van der Waals surface area contributed by atoms with Gasteiger partial charge in [0.2, 0.25) is 0 Å². The van der Waals surface area contributed by atoms with Crippen LogP contribution in [0.1, 0.15) is 58.4 Å². The van der Waals surface area contributed by atoms with Crippen LogP contribution in [0.5, 0.6) is 0 Å². The predicted molar refractivity (Wildman–Crippen MR) is 83.4 cm³/mol. The number of nitrogens with one attached hydrogen (secondary N) is 1. The van der Waals surface area contributed by atoms with Crippen molar-refractivity contribution in [3.05, 3.63) is 35.4 Å². The highest BCUT2D eigenvalue weighted by molar-refractivity contribution is 5.32. The van der Waals surface area contributed by atoms with Gasteiger partial charge in [0.25, 0.3) is 0 Å². The Kier molecular flexibility index (Phi) is 5.03. The van der Waals surface area contributed by atoms with E-state index in [1.807, 2.05) is 0 Å². The molecule has 1 aliphatic rings. The van der Waals surface area contributed by atoms with Crippen molar-refractivity contribution in [1.82, 2.24) is 5.32 Å². The average molecular weight is 295 g/mol. The lowest BCUT2D eigenvalue weighted by Gasteiger charge is -2.57. The molecule has 0 aromatic heterocycles. The van der Waals surface area contributed by atoms with Crippen molar-refractivity contribution in [2.75, 3.05) is 13.1 Å². The minimum Gasteiger partial charge on any atom is -0.316 e. The maximum atomic E-state index is 13.6. The zero-order valence-electron chi connectivity index (χ0n) is 13.4. The summed E-state index contributed by atoms with van der Waals surface area (Å²) in [6.07, 6.45) is 5.38. The third kappa shape index (κ3) is 3.28. The number of hydrogen-bond acceptors (Lipinski definition) is 1. The molecule has 0 spiro atoms. The van der Waals surface area contributed by atoms with Gasteiger partial charge in [0.15, 0.2) is 0 Å². The molecule has 1 aliphatic carbocycles. The SMILES string of the molecule is CCCNCC1(c2cc(F)cc(F)c2)CC(CC)(CC)C1. The van der Waals surface area contributed by atoms with Crippen LogP contribution in [-0.2, 0) is 5.41 Å². The van der Waals surface area contributed by atoms with E-state index in [0.717, 1.165) is 56.8 Å². The Bertz CT molecular complexity index is 452. The average Bonchev–Trinajstić information content (AvgIpc) is 2.41. The normalized spacial score (nSPS) is 19.3. The van der Waals surface area contributed by atoms with Gasteiger partial charge < -0.3 is 5.32 Å². The Morgan fingerprint density at radius 2 is 1.57 bits per heavy atom. The second-order valence-corrected chi connectivity index (χ2v) is 6.68. The molecular weight excluding hydrogens is 268 g/mol. The quantitative estimate of drug-likeness (QED) is 0.712. The Hall–Kier alpha value is -0.960. The van der Waals surface area contributed by atoms with Crippen LogP contribution in [0, 0.1) is 17.0 Å². The van der Waals surface area contributed by atoms with Gasteiger partial charge in [-0.1, -0.05) is 33.6 Å². The molecule has 1 fully saturated rings. The van der Waals surface area contributed by atoms with Crippen molar-refractivity contribution in [3.8, 4) is 0 Å². The third-order valence-electron chi connectivity index (χ3n) is 5.29. The van der Waals surface area contributed by atoms with Crippen molar-refractivity contribution in [2.45, 2.75) is 58.3 Å². The van der Waals surface area contributed by atoms with Gasteiger partial charge in [-0.3, -0.25) is 0 Å². The molecule has 0 amide bonds. The molecule has 2 rings (SSSR count). The molecule has 1 N–H and O–H groups in total. The molecule has 1 aromatic carbocycles. The first-order valence-electron chi connectivity index (χ1n) is 8.16.